The molecule has 2 aromatic rings. The summed E-state index contributed by atoms with van der Waals surface area (Å²) in [7, 11) is 0. The number of hydrogen-bond acceptors (Lipinski definition) is 5. The number of nitrogens with two attached hydrogens (primary N) is 1. The number of carbonyl (C=O) groups excluding carboxylic acids is 2. The van der Waals surface area contributed by atoms with Gasteiger partial charge < -0.3 is 10.5 Å². The number of amides is 1. The Morgan fingerprint density at radius 1 is 1.17 bits per heavy atom. The third-order valence-corrected chi connectivity index (χ3v) is 4.16. The molecular formula is C17H20N2O3S. The first-order valence-electron chi connectivity index (χ1n) is 7.16. The van der Waals surface area contributed by atoms with Gasteiger partial charge in [0.05, 0.1) is 16.3 Å². The third-order valence-electron chi connectivity index (χ3n) is 2.92. The van der Waals surface area contributed by atoms with Crippen molar-refractivity contribution >= 4 is 34.6 Å². The van der Waals surface area contributed by atoms with Gasteiger partial charge in [-0.15, -0.1) is 11.3 Å². The number of Topliss-reactive ketones (excluding diaryl/α,β-unsaturated/α-hetero) is 1. The van der Waals surface area contributed by atoms with Crippen molar-refractivity contribution < 1.29 is 14.3 Å². The van der Waals surface area contributed by atoms with Crippen LogP contribution < -0.4 is 11.1 Å². The smallest absolute Gasteiger partial charge is 0.412 e. The number of nitrogens with one attached hydrogen (secondary N) is 1. The van der Waals surface area contributed by atoms with Gasteiger partial charge in [-0.25, -0.2) is 4.79 Å². The number of ketones is 1. The SMILES string of the molecule is CC(=O)c1ccc(-c2ccc(NC(=O)OC(C)(C)C)c(N)c2)s1. The number of rotatable bonds is 3. The van der Waals surface area contributed by atoms with Gasteiger partial charge in [-0.2, -0.15) is 0 Å². The molecule has 0 aliphatic carbocycles. The standard InChI is InChI=1S/C17H20N2O3S/c1-10(20)14-7-8-15(23-14)11-5-6-13(12(18)9-11)19-16(21)22-17(2,3)4/h5-9H,18H2,1-4H3,(H,19,21). The third kappa shape index (κ3) is 4.56. The van der Waals surface area contributed by atoms with Gasteiger partial charge in [0.2, 0.25) is 0 Å². The average molecular weight is 332 g/mol. The number of nitrogen functional groups attached to an aromatic ring is 1. The fourth-order valence-corrected chi connectivity index (χ4v) is 2.82. The lowest BCUT2D eigenvalue weighted by molar-refractivity contribution is 0.0636. The molecule has 0 fully saturated rings. The first kappa shape index (κ1) is 17.0. The van der Waals surface area contributed by atoms with E-state index < -0.39 is 11.7 Å². The monoisotopic (exact) mass is 332 g/mol. The van der Waals surface area contributed by atoms with Gasteiger partial charge in [-0.3, -0.25) is 10.1 Å². The van der Waals surface area contributed by atoms with Gasteiger partial charge in [0.1, 0.15) is 5.60 Å². The first-order valence-corrected chi connectivity index (χ1v) is 7.98. The van der Waals surface area contributed by atoms with E-state index in [1.807, 2.05) is 12.1 Å². The second-order valence-electron chi connectivity index (χ2n) is 6.15. The molecular weight excluding hydrogens is 312 g/mol. The summed E-state index contributed by atoms with van der Waals surface area (Å²) in [5, 5.41) is 2.63. The van der Waals surface area contributed by atoms with Crippen molar-refractivity contribution in [1.82, 2.24) is 0 Å². The minimum absolute atomic E-state index is 0.0393. The Kier molecular flexibility index (Phi) is 4.75. The Hall–Kier alpha value is -2.34. The average Bonchev–Trinajstić information content (AvgIpc) is 2.88. The Balaban J connectivity index is 2.17. The van der Waals surface area contributed by atoms with E-state index in [1.54, 1.807) is 39.0 Å². The molecule has 0 atom stereocenters. The molecule has 1 heterocycles. The molecule has 3 N–H and O–H groups in total. The quantitative estimate of drug-likeness (QED) is 0.638. The summed E-state index contributed by atoms with van der Waals surface area (Å²) in [6.45, 7) is 6.92. The van der Waals surface area contributed by atoms with E-state index in [-0.39, 0.29) is 5.78 Å². The maximum Gasteiger partial charge on any atom is 0.412 e. The van der Waals surface area contributed by atoms with Gasteiger partial charge in [0.15, 0.2) is 5.78 Å². The summed E-state index contributed by atoms with van der Waals surface area (Å²) in [6, 6.07) is 9.02. The fourth-order valence-electron chi connectivity index (χ4n) is 1.93. The highest BCUT2D eigenvalue weighted by atomic mass is 32.1. The minimum Gasteiger partial charge on any atom is -0.444 e. The molecule has 2 rings (SSSR count). The molecule has 5 nitrogen and oxygen atoms in total. The van der Waals surface area contributed by atoms with Crippen LogP contribution in [0.2, 0.25) is 0 Å². The van der Waals surface area contributed by atoms with Crippen molar-refractivity contribution in [2.75, 3.05) is 11.1 Å². The Morgan fingerprint density at radius 3 is 2.39 bits per heavy atom. The molecule has 0 aliphatic heterocycles. The molecule has 0 unspecified atom stereocenters. The minimum atomic E-state index is -0.571. The second-order valence-corrected chi connectivity index (χ2v) is 7.23. The summed E-state index contributed by atoms with van der Waals surface area (Å²) in [4.78, 5) is 24.8. The van der Waals surface area contributed by atoms with Crippen LogP contribution in [-0.4, -0.2) is 17.5 Å². The van der Waals surface area contributed by atoms with Crippen LogP contribution in [0.3, 0.4) is 0 Å². The van der Waals surface area contributed by atoms with Crippen LogP contribution in [0.25, 0.3) is 10.4 Å². The zero-order valence-corrected chi connectivity index (χ0v) is 14.4. The zero-order chi connectivity index (χ0) is 17.2. The molecule has 0 aliphatic rings. The van der Waals surface area contributed by atoms with Crippen LogP contribution in [-0.2, 0) is 4.74 Å². The number of hydrogen-bond donors (Lipinski definition) is 2. The predicted octanol–water partition coefficient (Wildman–Crippen LogP) is 4.55. The number of carbonyl (C=O) groups is 2. The number of ether oxygens (including phenoxy) is 1. The predicted molar refractivity (Wildman–Crippen MR) is 94.0 cm³/mol. The highest BCUT2D eigenvalue weighted by molar-refractivity contribution is 7.17. The highest BCUT2D eigenvalue weighted by Crippen LogP contribution is 2.32. The van der Waals surface area contributed by atoms with Gasteiger partial charge >= 0.3 is 6.09 Å². The van der Waals surface area contributed by atoms with Crippen molar-refractivity contribution in [2.45, 2.75) is 33.3 Å². The molecule has 1 amide bonds. The zero-order valence-electron chi connectivity index (χ0n) is 13.6. The molecule has 0 saturated carbocycles. The molecule has 0 spiro atoms. The molecule has 23 heavy (non-hydrogen) atoms. The number of anilines is 2. The lowest BCUT2D eigenvalue weighted by Gasteiger charge is -2.20. The van der Waals surface area contributed by atoms with E-state index in [2.05, 4.69) is 5.32 Å². The van der Waals surface area contributed by atoms with Crippen molar-refractivity contribution in [3.8, 4) is 10.4 Å². The van der Waals surface area contributed by atoms with Crippen molar-refractivity contribution in [3.63, 3.8) is 0 Å². The fraction of sp³-hybridized carbons (Fsp3) is 0.294. The van der Waals surface area contributed by atoms with Gasteiger partial charge in [-0.05, 0) is 57.5 Å². The van der Waals surface area contributed by atoms with E-state index in [0.29, 0.717) is 16.3 Å². The maximum absolute atomic E-state index is 11.8. The molecule has 0 saturated heterocycles. The maximum atomic E-state index is 11.8. The Bertz CT molecular complexity index is 745. The van der Waals surface area contributed by atoms with Crippen LogP contribution in [0.15, 0.2) is 30.3 Å². The van der Waals surface area contributed by atoms with Gasteiger partial charge in [-0.1, -0.05) is 6.07 Å². The molecule has 122 valence electrons. The first-order chi connectivity index (χ1) is 10.7. The van der Waals surface area contributed by atoms with Gasteiger partial charge in [0.25, 0.3) is 0 Å². The van der Waals surface area contributed by atoms with Gasteiger partial charge in [0, 0.05) is 4.88 Å². The van der Waals surface area contributed by atoms with Crippen LogP contribution in [0, 0.1) is 0 Å². The Labute approximate surface area is 139 Å². The van der Waals surface area contributed by atoms with E-state index in [1.165, 1.54) is 18.3 Å². The van der Waals surface area contributed by atoms with E-state index >= 15 is 0 Å². The number of thiophene rings is 1. The lowest BCUT2D eigenvalue weighted by Crippen LogP contribution is -2.27. The molecule has 0 radical (unpaired) electrons. The van der Waals surface area contributed by atoms with E-state index in [0.717, 1.165) is 10.4 Å². The van der Waals surface area contributed by atoms with Crippen LogP contribution in [0.5, 0.6) is 0 Å². The second kappa shape index (κ2) is 6.42. The summed E-state index contributed by atoms with van der Waals surface area (Å²) in [5.74, 6) is 0.0393. The van der Waals surface area contributed by atoms with Crippen LogP contribution >= 0.6 is 11.3 Å². The molecule has 1 aromatic heterocycles. The van der Waals surface area contributed by atoms with Crippen LogP contribution in [0.1, 0.15) is 37.4 Å². The van der Waals surface area contributed by atoms with E-state index in [4.69, 9.17) is 10.5 Å². The van der Waals surface area contributed by atoms with Crippen molar-refractivity contribution in [1.29, 1.82) is 0 Å². The summed E-state index contributed by atoms with van der Waals surface area (Å²) >= 11 is 1.41. The summed E-state index contributed by atoms with van der Waals surface area (Å²) in [5.41, 5.74) is 7.26. The van der Waals surface area contributed by atoms with E-state index in [9.17, 15) is 9.59 Å². The molecule has 1 aromatic carbocycles. The summed E-state index contributed by atoms with van der Waals surface area (Å²) in [6.07, 6.45) is -0.549. The Morgan fingerprint density at radius 2 is 1.87 bits per heavy atom. The highest BCUT2D eigenvalue weighted by Gasteiger charge is 2.17. The topological polar surface area (TPSA) is 81.4 Å². The van der Waals surface area contributed by atoms with Crippen molar-refractivity contribution in [2.24, 2.45) is 0 Å². The van der Waals surface area contributed by atoms with Crippen LogP contribution in [0.4, 0.5) is 16.2 Å². The lowest BCUT2D eigenvalue weighted by atomic mass is 10.1. The number of benzene rings is 1. The van der Waals surface area contributed by atoms with Crippen molar-refractivity contribution in [3.05, 3.63) is 35.2 Å². The normalized spacial score (nSPS) is 11.1. The molecule has 0 bridgehead atoms. The largest absolute Gasteiger partial charge is 0.444 e. The molecule has 6 heteroatoms. The summed E-state index contributed by atoms with van der Waals surface area (Å²) < 4.78 is 5.20.